The largest absolute Gasteiger partial charge is 0.251 e. The number of aryl methyl sites for hydroxylation is 1. The monoisotopic (exact) mass is 272 g/mol. The molecule has 1 heterocycles. The third kappa shape index (κ3) is 2.87. The van der Waals surface area contributed by atoms with Crippen LogP contribution in [-0.4, -0.2) is 13.6 Å². The third-order valence-corrected chi connectivity index (χ3v) is 4.63. The summed E-state index contributed by atoms with van der Waals surface area (Å²) in [5, 5.41) is 0.164. The van der Waals surface area contributed by atoms with E-state index in [0.717, 1.165) is 17.1 Å². The van der Waals surface area contributed by atoms with Crippen LogP contribution < -0.4 is 0 Å². The van der Waals surface area contributed by atoms with Gasteiger partial charge < -0.3 is 0 Å². The number of hydrogen-bond acceptors (Lipinski definition) is 4. The van der Waals surface area contributed by atoms with Crippen LogP contribution in [-0.2, 0) is 16.6 Å². The molecular formula is C10H9ClN2OS2. The Labute approximate surface area is 105 Å². The van der Waals surface area contributed by atoms with Crippen LogP contribution in [0.4, 0.5) is 0 Å². The summed E-state index contributed by atoms with van der Waals surface area (Å²) in [6.07, 6.45) is 0. The Morgan fingerprint density at radius 3 is 2.62 bits per heavy atom. The van der Waals surface area contributed by atoms with Gasteiger partial charge in [0.25, 0.3) is 0 Å². The zero-order valence-corrected chi connectivity index (χ0v) is 10.9. The SMILES string of the molecule is Cc1ccc(C[S@@](=O)c2nc(Cl)ns2)cc1. The second kappa shape index (κ2) is 5.03. The van der Waals surface area contributed by atoms with E-state index < -0.39 is 10.8 Å². The van der Waals surface area contributed by atoms with Crippen LogP contribution in [0.2, 0.25) is 5.28 Å². The van der Waals surface area contributed by atoms with E-state index in [4.69, 9.17) is 11.6 Å². The van der Waals surface area contributed by atoms with Crippen molar-refractivity contribution in [2.24, 2.45) is 0 Å². The summed E-state index contributed by atoms with van der Waals surface area (Å²) in [7, 11) is -1.16. The van der Waals surface area contributed by atoms with Gasteiger partial charge in [0.15, 0.2) is 0 Å². The van der Waals surface area contributed by atoms with Crippen molar-refractivity contribution in [1.29, 1.82) is 0 Å². The molecule has 1 aromatic carbocycles. The van der Waals surface area contributed by atoms with Crippen molar-refractivity contribution < 1.29 is 4.21 Å². The molecule has 16 heavy (non-hydrogen) atoms. The molecule has 2 rings (SSSR count). The molecule has 1 atom stereocenters. The van der Waals surface area contributed by atoms with E-state index in [9.17, 15) is 4.21 Å². The topological polar surface area (TPSA) is 42.9 Å². The lowest BCUT2D eigenvalue weighted by Crippen LogP contribution is -1.95. The summed E-state index contributed by atoms with van der Waals surface area (Å²) in [5.74, 6) is 0.450. The average molecular weight is 273 g/mol. The predicted molar refractivity (Wildman–Crippen MR) is 66.2 cm³/mol. The highest BCUT2D eigenvalue weighted by Gasteiger charge is 2.10. The number of aromatic nitrogens is 2. The maximum absolute atomic E-state index is 11.9. The molecule has 0 saturated carbocycles. The molecule has 0 amide bonds. The van der Waals surface area contributed by atoms with E-state index >= 15 is 0 Å². The first-order valence-corrected chi connectivity index (χ1v) is 7.05. The second-order valence-corrected chi connectivity index (χ2v) is 6.02. The fraction of sp³-hybridized carbons (Fsp3) is 0.200. The van der Waals surface area contributed by atoms with E-state index in [2.05, 4.69) is 9.36 Å². The van der Waals surface area contributed by atoms with Gasteiger partial charge >= 0.3 is 0 Å². The first-order valence-electron chi connectivity index (χ1n) is 4.58. The van der Waals surface area contributed by atoms with Crippen molar-refractivity contribution in [3.8, 4) is 0 Å². The Balaban J connectivity index is 2.10. The number of nitrogens with zero attached hydrogens (tertiary/aromatic N) is 2. The normalized spacial score (nSPS) is 12.6. The number of hydrogen-bond donors (Lipinski definition) is 0. The van der Waals surface area contributed by atoms with Crippen molar-refractivity contribution in [3.63, 3.8) is 0 Å². The summed E-state index contributed by atoms with van der Waals surface area (Å²) >= 11 is 6.67. The summed E-state index contributed by atoms with van der Waals surface area (Å²) in [6.45, 7) is 2.02. The Morgan fingerprint density at radius 1 is 1.38 bits per heavy atom. The molecular weight excluding hydrogens is 264 g/mol. The zero-order chi connectivity index (χ0) is 11.5. The fourth-order valence-electron chi connectivity index (χ4n) is 1.18. The first kappa shape index (κ1) is 11.7. The Kier molecular flexibility index (Phi) is 3.68. The maximum atomic E-state index is 11.9. The third-order valence-electron chi connectivity index (χ3n) is 2.00. The molecule has 2 aromatic rings. The van der Waals surface area contributed by atoms with Gasteiger partial charge in [-0.15, -0.1) is 0 Å². The molecule has 0 saturated heterocycles. The summed E-state index contributed by atoms with van der Waals surface area (Å²) in [6, 6.07) is 7.94. The average Bonchev–Trinajstić information content (AvgIpc) is 2.68. The van der Waals surface area contributed by atoms with Crippen LogP contribution in [0, 0.1) is 6.92 Å². The van der Waals surface area contributed by atoms with E-state index in [1.165, 1.54) is 5.56 Å². The van der Waals surface area contributed by atoms with Gasteiger partial charge in [0.05, 0.1) is 16.6 Å². The van der Waals surface area contributed by atoms with E-state index in [-0.39, 0.29) is 5.28 Å². The first-order chi connectivity index (χ1) is 7.65. The quantitative estimate of drug-likeness (QED) is 0.863. The highest BCUT2D eigenvalue weighted by atomic mass is 35.5. The van der Waals surface area contributed by atoms with Gasteiger partial charge in [-0.05, 0) is 35.6 Å². The molecule has 1 aromatic heterocycles. The Hall–Kier alpha value is -0.780. The molecule has 0 aliphatic rings. The maximum Gasteiger partial charge on any atom is 0.235 e. The lowest BCUT2D eigenvalue weighted by atomic mass is 10.2. The van der Waals surface area contributed by atoms with Gasteiger partial charge in [0, 0.05) is 0 Å². The summed E-state index contributed by atoms with van der Waals surface area (Å²) < 4.78 is 16.1. The molecule has 0 spiro atoms. The van der Waals surface area contributed by atoms with Gasteiger partial charge in [-0.1, -0.05) is 29.8 Å². The summed E-state index contributed by atoms with van der Waals surface area (Å²) in [4.78, 5) is 3.90. The van der Waals surface area contributed by atoms with E-state index in [1.807, 2.05) is 31.2 Å². The Morgan fingerprint density at radius 2 is 2.06 bits per heavy atom. The second-order valence-electron chi connectivity index (χ2n) is 3.30. The highest BCUT2D eigenvalue weighted by Crippen LogP contribution is 2.16. The summed E-state index contributed by atoms with van der Waals surface area (Å²) in [5.41, 5.74) is 2.21. The molecule has 0 fully saturated rings. The highest BCUT2D eigenvalue weighted by molar-refractivity contribution is 7.86. The molecule has 0 aliphatic carbocycles. The van der Waals surface area contributed by atoms with Crippen LogP contribution in [0.15, 0.2) is 28.6 Å². The lowest BCUT2D eigenvalue weighted by Gasteiger charge is -1.99. The number of benzene rings is 1. The molecule has 0 aliphatic heterocycles. The fourth-order valence-corrected chi connectivity index (χ4v) is 3.22. The Bertz CT molecular complexity index is 510. The van der Waals surface area contributed by atoms with Gasteiger partial charge in [-0.3, -0.25) is 4.21 Å². The van der Waals surface area contributed by atoms with E-state index in [1.54, 1.807) is 0 Å². The molecule has 0 radical (unpaired) electrons. The minimum Gasteiger partial charge on any atom is -0.251 e. The van der Waals surface area contributed by atoms with Crippen molar-refractivity contribution in [2.45, 2.75) is 17.0 Å². The number of rotatable bonds is 3. The standard InChI is InChI=1S/C10H9ClN2OS2/c1-7-2-4-8(5-3-7)6-16(14)10-12-9(11)13-15-10/h2-5H,6H2,1H3/t16-/m1/s1. The van der Waals surface area contributed by atoms with Crippen molar-refractivity contribution >= 4 is 33.9 Å². The predicted octanol–water partition coefficient (Wildman–Crippen LogP) is 2.81. The zero-order valence-electron chi connectivity index (χ0n) is 8.51. The lowest BCUT2D eigenvalue weighted by molar-refractivity contribution is 0.682. The molecule has 0 unspecified atom stereocenters. The molecule has 0 bridgehead atoms. The number of halogens is 1. The smallest absolute Gasteiger partial charge is 0.235 e. The van der Waals surface area contributed by atoms with Gasteiger partial charge in [-0.2, -0.15) is 9.36 Å². The van der Waals surface area contributed by atoms with Crippen LogP contribution in [0.5, 0.6) is 0 Å². The van der Waals surface area contributed by atoms with Crippen LogP contribution in [0.1, 0.15) is 11.1 Å². The van der Waals surface area contributed by atoms with Gasteiger partial charge in [0.1, 0.15) is 0 Å². The van der Waals surface area contributed by atoms with Crippen LogP contribution >= 0.6 is 23.1 Å². The van der Waals surface area contributed by atoms with Gasteiger partial charge in [0.2, 0.25) is 9.62 Å². The van der Waals surface area contributed by atoms with Crippen molar-refractivity contribution in [2.75, 3.05) is 0 Å². The molecule has 6 heteroatoms. The van der Waals surface area contributed by atoms with Crippen LogP contribution in [0.25, 0.3) is 0 Å². The molecule has 0 N–H and O–H groups in total. The van der Waals surface area contributed by atoms with E-state index in [0.29, 0.717) is 10.1 Å². The minimum atomic E-state index is -1.16. The van der Waals surface area contributed by atoms with Crippen molar-refractivity contribution in [1.82, 2.24) is 9.36 Å². The molecule has 84 valence electrons. The minimum absolute atomic E-state index is 0.164. The van der Waals surface area contributed by atoms with Gasteiger partial charge in [-0.25, -0.2) is 0 Å². The van der Waals surface area contributed by atoms with Crippen LogP contribution in [0.3, 0.4) is 0 Å². The van der Waals surface area contributed by atoms with Crippen molar-refractivity contribution in [3.05, 3.63) is 40.7 Å². The molecule has 3 nitrogen and oxygen atoms in total.